The summed E-state index contributed by atoms with van der Waals surface area (Å²) in [6.07, 6.45) is 7.38. The van der Waals surface area contributed by atoms with Gasteiger partial charge < -0.3 is 15.5 Å². The monoisotopic (exact) mass is 261 g/mol. The smallest absolute Gasteiger partial charge is 0.151 e. The molecule has 0 radical (unpaired) electrons. The van der Waals surface area contributed by atoms with E-state index in [4.69, 9.17) is 5.73 Å². The zero-order valence-corrected chi connectivity index (χ0v) is 11.6. The molecule has 2 aliphatic rings. The summed E-state index contributed by atoms with van der Waals surface area (Å²) in [5.41, 5.74) is 6.70. The van der Waals surface area contributed by atoms with Crippen LogP contribution >= 0.6 is 0 Å². The Kier molecular flexibility index (Phi) is 3.66. The summed E-state index contributed by atoms with van der Waals surface area (Å²) in [4.78, 5) is 13.8. The second-order valence-electron chi connectivity index (χ2n) is 5.72. The van der Waals surface area contributed by atoms with Gasteiger partial charge in [-0.2, -0.15) is 0 Å². The van der Waals surface area contributed by atoms with E-state index in [2.05, 4.69) is 26.8 Å². The van der Waals surface area contributed by atoms with Crippen molar-refractivity contribution in [2.75, 3.05) is 31.6 Å². The molecule has 5 heteroatoms. The van der Waals surface area contributed by atoms with Crippen LogP contribution in [0.25, 0.3) is 0 Å². The minimum Gasteiger partial charge on any atom is -0.355 e. The normalized spacial score (nSPS) is 28.2. The zero-order chi connectivity index (χ0) is 13.2. The fourth-order valence-corrected chi connectivity index (χ4v) is 3.61. The van der Waals surface area contributed by atoms with E-state index in [9.17, 15) is 0 Å². The van der Waals surface area contributed by atoms with E-state index in [1.807, 2.05) is 0 Å². The van der Waals surface area contributed by atoms with Crippen LogP contribution < -0.4 is 10.6 Å². The number of nitrogens with two attached hydrogens (primary N) is 1. The summed E-state index contributed by atoms with van der Waals surface area (Å²) < 4.78 is 0. The molecule has 2 saturated heterocycles. The van der Waals surface area contributed by atoms with Crippen LogP contribution in [0, 0.1) is 5.92 Å². The lowest BCUT2D eigenvalue weighted by atomic mass is 9.84. The molecule has 2 atom stereocenters. The van der Waals surface area contributed by atoms with E-state index in [1.54, 1.807) is 12.4 Å². The molecule has 104 valence electrons. The van der Waals surface area contributed by atoms with Gasteiger partial charge in [0.05, 0.1) is 5.69 Å². The Morgan fingerprint density at radius 2 is 2.11 bits per heavy atom. The second-order valence-corrected chi connectivity index (χ2v) is 5.72. The molecule has 2 fully saturated rings. The van der Waals surface area contributed by atoms with Crippen LogP contribution in [0.2, 0.25) is 0 Å². The molecule has 3 rings (SSSR count). The number of rotatable bonds is 2. The fraction of sp³-hybridized carbons (Fsp3) is 0.714. The first-order valence-electron chi connectivity index (χ1n) is 7.24. The van der Waals surface area contributed by atoms with Gasteiger partial charge in [-0.05, 0) is 38.8 Å². The van der Waals surface area contributed by atoms with Gasteiger partial charge in [-0.3, -0.25) is 4.98 Å². The maximum absolute atomic E-state index is 5.77. The topological polar surface area (TPSA) is 58.3 Å². The van der Waals surface area contributed by atoms with Gasteiger partial charge >= 0.3 is 0 Å². The largest absolute Gasteiger partial charge is 0.355 e. The molecule has 2 aliphatic heterocycles. The van der Waals surface area contributed by atoms with Crippen molar-refractivity contribution in [1.82, 2.24) is 14.9 Å². The lowest BCUT2D eigenvalue weighted by Gasteiger charge is -2.46. The van der Waals surface area contributed by atoms with E-state index >= 15 is 0 Å². The second kappa shape index (κ2) is 5.43. The van der Waals surface area contributed by atoms with Crippen LogP contribution in [0.1, 0.15) is 25.0 Å². The van der Waals surface area contributed by atoms with Gasteiger partial charge in [0.1, 0.15) is 0 Å². The summed E-state index contributed by atoms with van der Waals surface area (Å²) in [6, 6.07) is 0.753. The number of likely N-dealkylation sites (tertiary alicyclic amines) is 1. The van der Waals surface area contributed by atoms with Crippen molar-refractivity contribution in [3.05, 3.63) is 18.1 Å². The highest BCUT2D eigenvalue weighted by Gasteiger charge is 2.35. The van der Waals surface area contributed by atoms with Gasteiger partial charge in [0, 0.05) is 38.1 Å². The van der Waals surface area contributed by atoms with Crippen molar-refractivity contribution in [2.24, 2.45) is 11.7 Å². The number of fused-ring (bicyclic) bond motifs is 1. The molecule has 0 amide bonds. The Morgan fingerprint density at radius 1 is 1.26 bits per heavy atom. The number of nitrogens with zero attached hydrogens (tertiary/aromatic N) is 4. The molecule has 0 saturated carbocycles. The third-order valence-electron chi connectivity index (χ3n) is 4.59. The third kappa shape index (κ3) is 2.44. The fourth-order valence-electron chi connectivity index (χ4n) is 3.61. The minimum absolute atomic E-state index is 0.466. The molecule has 0 aromatic carbocycles. The summed E-state index contributed by atoms with van der Waals surface area (Å²) in [5, 5.41) is 0. The summed E-state index contributed by atoms with van der Waals surface area (Å²) in [7, 11) is 2.26. The van der Waals surface area contributed by atoms with Crippen molar-refractivity contribution >= 4 is 5.82 Å². The lowest BCUT2D eigenvalue weighted by molar-refractivity contribution is 0.102. The first-order chi connectivity index (χ1) is 9.29. The van der Waals surface area contributed by atoms with E-state index in [0.717, 1.165) is 36.6 Å². The quantitative estimate of drug-likeness (QED) is 0.855. The summed E-state index contributed by atoms with van der Waals surface area (Å²) in [6.45, 7) is 3.88. The number of hydrogen-bond acceptors (Lipinski definition) is 5. The van der Waals surface area contributed by atoms with Crippen LogP contribution in [0.5, 0.6) is 0 Å². The molecule has 0 bridgehead atoms. The summed E-state index contributed by atoms with van der Waals surface area (Å²) >= 11 is 0. The first kappa shape index (κ1) is 12.8. The Bertz CT molecular complexity index is 436. The molecule has 0 spiro atoms. The van der Waals surface area contributed by atoms with Crippen molar-refractivity contribution in [2.45, 2.75) is 31.8 Å². The molecular weight excluding hydrogens is 238 g/mol. The van der Waals surface area contributed by atoms with Crippen molar-refractivity contribution in [1.29, 1.82) is 0 Å². The lowest BCUT2D eigenvalue weighted by Crippen LogP contribution is -2.53. The predicted octanol–water partition coefficient (Wildman–Crippen LogP) is 0.856. The van der Waals surface area contributed by atoms with E-state index in [1.165, 1.54) is 25.8 Å². The van der Waals surface area contributed by atoms with Gasteiger partial charge in [0.2, 0.25) is 0 Å². The Hall–Kier alpha value is -1.20. The zero-order valence-electron chi connectivity index (χ0n) is 11.6. The first-order valence-corrected chi connectivity index (χ1v) is 7.24. The maximum atomic E-state index is 5.77. The van der Waals surface area contributed by atoms with Crippen LogP contribution in [0.3, 0.4) is 0 Å². The van der Waals surface area contributed by atoms with Crippen LogP contribution in [-0.2, 0) is 6.54 Å². The van der Waals surface area contributed by atoms with E-state index in [-0.39, 0.29) is 0 Å². The molecule has 5 nitrogen and oxygen atoms in total. The van der Waals surface area contributed by atoms with Gasteiger partial charge in [-0.25, -0.2) is 4.98 Å². The maximum Gasteiger partial charge on any atom is 0.151 e. The molecule has 3 heterocycles. The van der Waals surface area contributed by atoms with Gasteiger partial charge in [-0.1, -0.05) is 0 Å². The molecule has 19 heavy (non-hydrogen) atoms. The minimum atomic E-state index is 0.466. The Morgan fingerprint density at radius 3 is 2.95 bits per heavy atom. The number of hydrogen-bond donors (Lipinski definition) is 1. The molecule has 1 aromatic heterocycles. The van der Waals surface area contributed by atoms with Crippen LogP contribution in [0.15, 0.2) is 12.4 Å². The highest BCUT2D eigenvalue weighted by atomic mass is 15.2. The van der Waals surface area contributed by atoms with Crippen molar-refractivity contribution < 1.29 is 0 Å². The third-order valence-corrected chi connectivity index (χ3v) is 4.59. The van der Waals surface area contributed by atoms with Gasteiger partial charge in [0.25, 0.3) is 0 Å². The highest BCUT2D eigenvalue weighted by Crippen LogP contribution is 2.31. The number of anilines is 1. The van der Waals surface area contributed by atoms with Crippen LogP contribution in [0.4, 0.5) is 5.82 Å². The molecular formula is C14H23N5. The average Bonchev–Trinajstić information content (AvgIpc) is 2.47. The van der Waals surface area contributed by atoms with Crippen LogP contribution in [-0.4, -0.2) is 47.6 Å². The molecule has 1 aromatic rings. The van der Waals surface area contributed by atoms with Crippen molar-refractivity contribution in [3.63, 3.8) is 0 Å². The van der Waals surface area contributed by atoms with E-state index in [0.29, 0.717) is 6.54 Å². The molecule has 0 aliphatic carbocycles. The average molecular weight is 261 g/mol. The van der Waals surface area contributed by atoms with Gasteiger partial charge in [0.15, 0.2) is 5.82 Å². The van der Waals surface area contributed by atoms with Crippen molar-refractivity contribution in [3.8, 4) is 0 Å². The van der Waals surface area contributed by atoms with E-state index < -0.39 is 0 Å². The predicted molar refractivity (Wildman–Crippen MR) is 75.9 cm³/mol. The summed E-state index contributed by atoms with van der Waals surface area (Å²) in [5.74, 6) is 1.76. The standard InChI is InChI=1S/C14H23N5/c1-18-7-2-3-11-10-19(8-4-13(11)18)14-12(9-15)16-5-6-17-14/h5-6,11,13H,2-4,7-10,15H2,1H3. The highest BCUT2D eigenvalue weighted by molar-refractivity contribution is 5.43. The van der Waals surface area contributed by atoms with Gasteiger partial charge in [-0.15, -0.1) is 0 Å². The molecule has 2 unspecified atom stereocenters. The SMILES string of the molecule is CN1CCCC2CN(c3nccnc3CN)CCC21. The Balaban J connectivity index is 1.77. The number of piperidine rings is 2. The number of aromatic nitrogens is 2. The Labute approximate surface area is 114 Å². The molecule has 2 N–H and O–H groups in total.